The maximum atomic E-state index is 8.33. The topological polar surface area (TPSA) is 92.7 Å². The molecule has 1 saturated heterocycles. The summed E-state index contributed by atoms with van der Waals surface area (Å²) in [5.74, 6) is 0.510. The number of rotatable bonds is 6. The van der Waals surface area contributed by atoms with Gasteiger partial charge in [-0.3, -0.25) is 0 Å². The number of hydrogen-bond acceptors (Lipinski definition) is 6. The van der Waals surface area contributed by atoms with Crippen LogP contribution in [0.1, 0.15) is 25.5 Å². The zero-order valence-electron chi connectivity index (χ0n) is 15.5. The van der Waals surface area contributed by atoms with E-state index in [0.717, 1.165) is 49.3 Å². The first-order valence-corrected chi connectivity index (χ1v) is 9.50. The molecule has 140 valence electrons. The van der Waals surface area contributed by atoms with Gasteiger partial charge in [0, 0.05) is 49.1 Å². The molecule has 0 amide bonds. The Morgan fingerprint density at radius 1 is 1.15 bits per heavy atom. The highest BCUT2D eigenvalue weighted by Crippen LogP contribution is 2.23. The molecule has 0 bridgehead atoms. The zero-order chi connectivity index (χ0) is 18.6. The molecule has 4 rings (SSSR count). The van der Waals surface area contributed by atoms with E-state index >= 15 is 0 Å². The third-order valence-electron chi connectivity index (χ3n) is 4.81. The molecule has 4 N–H and O–H groups in total. The van der Waals surface area contributed by atoms with Crippen LogP contribution in [0, 0.1) is 5.41 Å². The first kappa shape index (κ1) is 17.5. The van der Waals surface area contributed by atoms with Crippen LogP contribution in [0.2, 0.25) is 0 Å². The van der Waals surface area contributed by atoms with Crippen molar-refractivity contribution in [2.24, 2.45) is 0 Å². The van der Waals surface area contributed by atoms with Gasteiger partial charge in [0.15, 0.2) is 0 Å². The molecule has 7 heteroatoms. The van der Waals surface area contributed by atoms with E-state index in [2.05, 4.69) is 61.7 Å². The normalized spacial score (nSPS) is 14.5. The minimum atomic E-state index is 0.510. The summed E-state index contributed by atoms with van der Waals surface area (Å²) in [5.41, 5.74) is 4.16. The summed E-state index contributed by atoms with van der Waals surface area (Å²) in [4.78, 5) is 14.7. The van der Waals surface area contributed by atoms with Crippen LogP contribution in [0.15, 0.2) is 36.5 Å². The van der Waals surface area contributed by atoms with Gasteiger partial charge in [0.25, 0.3) is 0 Å². The Kier molecular flexibility index (Phi) is 5.02. The molecule has 0 spiro atoms. The summed E-state index contributed by atoms with van der Waals surface area (Å²) >= 11 is 0. The molecule has 0 saturated carbocycles. The maximum Gasteiger partial charge on any atom is 0.229 e. The average Bonchev–Trinajstić information content (AvgIpc) is 3.17. The Morgan fingerprint density at radius 3 is 2.67 bits per heavy atom. The van der Waals surface area contributed by atoms with Crippen molar-refractivity contribution in [3.8, 4) is 0 Å². The molecular weight excluding hydrogens is 338 g/mol. The Labute approximate surface area is 158 Å². The molecule has 27 heavy (non-hydrogen) atoms. The van der Waals surface area contributed by atoms with Crippen molar-refractivity contribution in [3.63, 3.8) is 0 Å². The molecule has 3 heterocycles. The SMILES string of the molecule is CCCC(=N)c1nc(Nc2ccc(N3CCNCC3)cc2)nc2[nH]ccc12. The highest BCUT2D eigenvalue weighted by molar-refractivity contribution is 6.06. The van der Waals surface area contributed by atoms with Crippen molar-refractivity contribution in [1.29, 1.82) is 5.41 Å². The fourth-order valence-corrected chi connectivity index (χ4v) is 3.40. The lowest BCUT2D eigenvalue weighted by molar-refractivity contribution is 0.589. The minimum absolute atomic E-state index is 0.510. The number of benzene rings is 1. The van der Waals surface area contributed by atoms with E-state index in [1.807, 2.05) is 12.3 Å². The molecule has 3 aromatic rings. The van der Waals surface area contributed by atoms with Crippen molar-refractivity contribution < 1.29 is 0 Å². The molecular formula is C20H25N7. The standard InChI is InChI=1S/C20H25N7/c1-2-3-17(21)18-16-8-9-23-19(16)26-20(25-18)24-14-4-6-15(7-5-14)27-12-10-22-11-13-27/h4-9,21-22H,2-3,10-13H2,1H3,(H2,23,24,25,26). The van der Waals surface area contributed by atoms with Gasteiger partial charge in [-0.25, -0.2) is 4.98 Å². The second kappa shape index (κ2) is 7.75. The van der Waals surface area contributed by atoms with Crippen molar-refractivity contribution in [1.82, 2.24) is 20.3 Å². The first-order valence-electron chi connectivity index (χ1n) is 9.50. The van der Waals surface area contributed by atoms with Gasteiger partial charge >= 0.3 is 0 Å². The van der Waals surface area contributed by atoms with Crippen LogP contribution in [-0.2, 0) is 0 Å². The van der Waals surface area contributed by atoms with Gasteiger partial charge in [-0.1, -0.05) is 13.3 Å². The fraction of sp³-hybridized carbons (Fsp3) is 0.350. The number of piperazine rings is 1. The summed E-state index contributed by atoms with van der Waals surface area (Å²) in [5, 5.41) is 15.9. The highest BCUT2D eigenvalue weighted by Gasteiger charge is 2.13. The average molecular weight is 363 g/mol. The largest absolute Gasteiger partial charge is 0.369 e. The van der Waals surface area contributed by atoms with Gasteiger partial charge in [-0.2, -0.15) is 4.98 Å². The van der Waals surface area contributed by atoms with Gasteiger partial charge in [0.1, 0.15) is 5.65 Å². The number of fused-ring (bicyclic) bond motifs is 1. The van der Waals surface area contributed by atoms with Crippen molar-refractivity contribution in [2.45, 2.75) is 19.8 Å². The molecule has 0 aliphatic carbocycles. The number of H-pyrrole nitrogens is 1. The van der Waals surface area contributed by atoms with Crippen LogP contribution >= 0.6 is 0 Å². The number of hydrogen-bond donors (Lipinski definition) is 4. The summed E-state index contributed by atoms with van der Waals surface area (Å²) in [6.07, 6.45) is 3.47. The molecule has 0 radical (unpaired) electrons. The number of aromatic nitrogens is 3. The number of nitrogens with one attached hydrogen (secondary N) is 4. The quantitative estimate of drug-likeness (QED) is 0.505. The minimum Gasteiger partial charge on any atom is -0.369 e. The second-order valence-electron chi connectivity index (χ2n) is 6.77. The van der Waals surface area contributed by atoms with E-state index in [-0.39, 0.29) is 0 Å². The monoisotopic (exact) mass is 363 g/mol. The summed E-state index contributed by atoms with van der Waals surface area (Å²) in [6, 6.07) is 10.3. The lowest BCUT2D eigenvalue weighted by Gasteiger charge is -2.29. The Balaban J connectivity index is 1.56. The van der Waals surface area contributed by atoms with Crippen LogP contribution in [0.5, 0.6) is 0 Å². The molecule has 0 atom stereocenters. The predicted octanol–water partition coefficient (Wildman–Crippen LogP) is 3.28. The van der Waals surface area contributed by atoms with E-state index in [1.165, 1.54) is 5.69 Å². The Morgan fingerprint density at radius 2 is 1.93 bits per heavy atom. The molecule has 2 aromatic heterocycles. The van der Waals surface area contributed by atoms with Crippen LogP contribution in [0.25, 0.3) is 11.0 Å². The van der Waals surface area contributed by atoms with E-state index in [4.69, 9.17) is 5.41 Å². The molecule has 7 nitrogen and oxygen atoms in total. The van der Waals surface area contributed by atoms with E-state index in [9.17, 15) is 0 Å². The van der Waals surface area contributed by atoms with E-state index in [0.29, 0.717) is 23.8 Å². The van der Waals surface area contributed by atoms with Crippen molar-refractivity contribution >= 4 is 34.1 Å². The number of anilines is 3. The maximum absolute atomic E-state index is 8.33. The van der Waals surface area contributed by atoms with Crippen molar-refractivity contribution in [3.05, 3.63) is 42.2 Å². The smallest absolute Gasteiger partial charge is 0.229 e. The Bertz CT molecular complexity index is 923. The third kappa shape index (κ3) is 3.78. The van der Waals surface area contributed by atoms with Crippen LogP contribution in [-0.4, -0.2) is 46.8 Å². The van der Waals surface area contributed by atoms with Gasteiger partial charge in [-0.15, -0.1) is 0 Å². The van der Waals surface area contributed by atoms with Crippen molar-refractivity contribution in [2.75, 3.05) is 36.4 Å². The summed E-state index contributed by atoms with van der Waals surface area (Å²) in [6.45, 7) is 6.18. The van der Waals surface area contributed by atoms with Gasteiger partial charge in [-0.05, 0) is 36.8 Å². The van der Waals surface area contributed by atoms with Crippen LogP contribution in [0.3, 0.4) is 0 Å². The first-order chi connectivity index (χ1) is 13.2. The lowest BCUT2D eigenvalue weighted by atomic mass is 10.1. The second-order valence-corrected chi connectivity index (χ2v) is 6.77. The molecule has 1 aliphatic heterocycles. The number of aromatic amines is 1. The van der Waals surface area contributed by atoms with E-state index in [1.54, 1.807) is 0 Å². The van der Waals surface area contributed by atoms with Gasteiger partial charge < -0.3 is 25.9 Å². The van der Waals surface area contributed by atoms with Gasteiger partial charge in [0.2, 0.25) is 5.95 Å². The summed E-state index contributed by atoms with van der Waals surface area (Å²) in [7, 11) is 0. The summed E-state index contributed by atoms with van der Waals surface area (Å²) < 4.78 is 0. The van der Waals surface area contributed by atoms with Gasteiger partial charge in [0.05, 0.1) is 11.4 Å². The highest BCUT2D eigenvalue weighted by atomic mass is 15.2. The molecule has 0 unspecified atom stereocenters. The predicted molar refractivity (Wildman–Crippen MR) is 110 cm³/mol. The third-order valence-corrected chi connectivity index (χ3v) is 4.81. The Hall–Kier alpha value is -2.93. The fourth-order valence-electron chi connectivity index (χ4n) is 3.40. The molecule has 1 aliphatic rings. The molecule has 1 fully saturated rings. The van der Waals surface area contributed by atoms with Crippen LogP contribution in [0.4, 0.5) is 17.3 Å². The van der Waals surface area contributed by atoms with Crippen LogP contribution < -0.4 is 15.5 Å². The molecule has 1 aromatic carbocycles. The zero-order valence-corrected chi connectivity index (χ0v) is 15.5. The van der Waals surface area contributed by atoms with E-state index < -0.39 is 0 Å². The number of nitrogens with zero attached hydrogens (tertiary/aromatic N) is 3. The lowest BCUT2D eigenvalue weighted by Crippen LogP contribution is -2.43.